The zero-order valence-corrected chi connectivity index (χ0v) is 11.0. The van der Waals surface area contributed by atoms with Crippen LogP contribution in [-0.4, -0.2) is 59.4 Å². The van der Waals surface area contributed by atoms with Crippen molar-refractivity contribution in [2.45, 2.75) is 6.54 Å². The molecule has 106 valence electrons. The van der Waals surface area contributed by atoms with E-state index in [0.29, 0.717) is 25.4 Å². The molecule has 0 aliphatic carbocycles. The minimum absolute atomic E-state index is 0.0209. The quantitative estimate of drug-likeness (QED) is 0.257. The van der Waals surface area contributed by atoms with Gasteiger partial charge >= 0.3 is 0 Å². The molecule has 0 fully saturated rings. The second kappa shape index (κ2) is 8.41. The molecule has 0 unspecified atom stereocenters. The summed E-state index contributed by atoms with van der Waals surface area (Å²) >= 11 is 0. The first-order valence-corrected chi connectivity index (χ1v) is 5.96. The number of rotatable bonds is 8. The molecule has 1 aromatic heterocycles. The number of nitrogens with zero attached hydrogens (tertiary/aromatic N) is 3. The first-order valence-electron chi connectivity index (χ1n) is 5.96. The molecule has 0 amide bonds. The van der Waals surface area contributed by atoms with E-state index >= 15 is 0 Å². The molecule has 7 nitrogen and oxygen atoms in total. The molecule has 0 aliphatic heterocycles. The van der Waals surface area contributed by atoms with Gasteiger partial charge in [-0.15, -0.1) is 0 Å². The van der Waals surface area contributed by atoms with E-state index in [4.69, 9.17) is 20.8 Å². The molecule has 0 aliphatic rings. The van der Waals surface area contributed by atoms with E-state index in [1.807, 2.05) is 6.07 Å². The van der Waals surface area contributed by atoms with Gasteiger partial charge in [-0.3, -0.25) is 9.88 Å². The van der Waals surface area contributed by atoms with Crippen LogP contribution in [0.15, 0.2) is 23.5 Å². The Bertz CT molecular complexity index is 412. The molecular weight excluding hydrogens is 248 g/mol. The number of aliphatic hydroxyl groups excluding tert-OH is 1. The van der Waals surface area contributed by atoms with Gasteiger partial charge < -0.3 is 20.8 Å². The van der Waals surface area contributed by atoms with Crippen LogP contribution >= 0.6 is 0 Å². The molecule has 19 heavy (non-hydrogen) atoms. The Hall–Kier alpha value is -1.70. The Labute approximate surface area is 112 Å². The SMILES string of the molecule is COCCN(CCO)Cc1ccnc(/C(N)=N/O)c1. The molecular formula is C12H20N4O3. The highest BCUT2D eigenvalue weighted by Gasteiger charge is 2.07. The molecule has 7 heteroatoms. The maximum absolute atomic E-state index is 9.03. The molecule has 1 rings (SSSR count). The normalized spacial score (nSPS) is 12.1. The number of ether oxygens (including phenoxy) is 1. The van der Waals surface area contributed by atoms with Gasteiger partial charge in [-0.1, -0.05) is 5.16 Å². The average molecular weight is 268 g/mol. The van der Waals surface area contributed by atoms with Crippen molar-refractivity contribution in [3.8, 4) is 0 Å². The first kappa shape index (κ1) is 15.4. The fraction of sp³-hybridized carbons (Fsp3) is 0.500. The maximum atomic E-state index is 9.03. The molecule has 1 aromatic rings. The van der Waals surface area contributed by atoms with Gasteiger partial charge in [0.25, 0.3) is 0 Å². The Kier molecular flexibility index (Phi) is 6.80. The van der Waals surface area contributed by atoms with Gasteiger partial charge in [0.15, 0.2) is 5.84 Å². The lowest BCUT2D eigenvalue weighted by Gasteiger charge is -2.21. The highest BCUT2D eigenvalue weighted by atomic mass is 16.5. The number of nitrogens with two attached hydrogens (primary N) is 1. The van der Waals surface area contributed by atoms with Crippen LogP contribution in [0.5, 0.6) is 0 Å². The van der Waals surface area contributed by atoms with Crippen LogP contribution in [0.4, 0.5) is 0 Å². The average Bonchev–Trinajstić information content (AvgIpc) is 2.44. The van der Waals surface area contributed by atoms with E-state index < -0.39 is 0 Å². The summed E-state index contributed by atoms with van der Waals surface area (Å²) < 4.78 is 5.03. The number of hydrogen-bond acceptors (Lipinski definition) is 6. The zero-order chi connectivity index (χ0) is 14.1. The summed E-state index contributed by atoms with van der Waals surface area (Å²) in [5.74, 6) is -0.0209. The third kappa shape index (κ3) is 5.21. The summed E-state index contributed by atoms with van der Waals surface area (Å²) in [6.07, 6.45) is 1.61. The van der Waals surface area contributed by atoms with Crippen molar-refractivity contribution in [1.82, 2.24) is 9.88 Å². The van der Waals surface area contributed by atoms with Crippen molar-refractivity contribution >= 4 is 5.84 Å². The van der Waals surface area contributed by atoms with Crippen molar-refractivity contribution in [3.63, 3.8) is 0 Å². The third-order valence-electron chi connectivity index (χ3n) is 2.63. The number of hydrogen-bond donors (Lipinski definition) is 3. The van der Waals surface area contributed by atoms with Crippen LogP contribution < -0.4 is 5.73 Å². The van der Waals surface area contributed by atoms with E-state index in [-0.39, 0.29) is 12.4 Å². The molecule has 0 radical (unpaired) electrons. The Morgan fingerprint density at radius 3 is 2.95 bits per heavy atom. The van der Waals surface area contributed by atoms with Gasteiger partial charge in [0, 0.05) is 32.9 Å². The molecule has 4 N–H and O–H groups in total. The maximum Gasteiger partial charge on any atom is 0.188 e. The Balaban J connectivity index is 2.72. The highest BCUT2D eigenvalue weighted by molar-refractivity contribution is 5.95. The van der Waals surface area contributed by atoms with Gasteiger partial charge in [0.2, 0.25) is 0 Å². The number of aliphatic hydroxyl groups is 1. The van der Waals surface area contributed by atoms with Crippen LogP contribution in [-0.2, 0) is 11.3 Å². The van der Waals surface area contributed by atoms with Crippen molar-refractivity contribution in [1.29, 1.82) is 0 Å². The number of pyridine rings is 1. The second-order valence-electron chi connectivity index (χ2n) is 4.03. The largest absolute Gasteiger partial charge is 0.409 e. The summed E-state index contributed by atoms with van der Waals surface area (Å²) in [7, 11) is 1.64. The lowest BCUT2D eigenvalue weighted by atomic mass is 10.2. The van der Waals surface area contributed by atoms with Crippen molar-refractivity contribution < 1.29 is 15.1 Å². The minimum Gasteiger partial charge on any atom is -0.409 e. The number of aromatic nitrogens is 1. The number of methoxy groups -OCH3 is 1. The predicted octanol–water partition coefficient (Wildman–Crippen LogP) is -0.383. The molecule has 0 aromatic carbocycles. The Morgan fingerprint density at radius 1 is 1.53 bits per heavy atom. The zero-order valence-electron chi connectivity index (χ0n) is 11.0. The molecule has 1 heterocycles. The van der Waals surface area contributed by atoms with E-state index in [1.165, 1.54) is 0 Å². The van der Waals surface area contributed by atoms with Crippen LogP contribution in [0.2, 0.25) is 0 Å². The Morgan fingerprint density at radius 2 is 2.32 bits per heavy atom. The fourth-order valence-corrected chi connectivity index (χ4v) is 1.65. The molecule has 0 bridgehead atoms. The van der Waals surface area contributed by atoms with E-state index in [9.17, 15) is 0 Å². The van der Waals surface area contributed by atoms with E-state index in [2.05, 4.69) is 15.0 Å². The van der Waals surface area contributed by atoms with Gasteiger partial charge in [0.1, 0.15) is 5.69 Å². The van der Waals surface area contributed by atoms with Crippen LogP contribution in [0.1, 0.15) is 11.3 Å². The standard InChI is InChI=1S/C12H20N4O3/c1-19-7-5-16(4-6-17)9-10-2-3-14-11(8-10)12(13)15-18/h2-3,8,17-18H,4-7,9H2,1H3,(H2,13,15). The van der Waals surface area contributed by atoms with E-state index in [0.717, 1.165) is 12.1 Å². The lowest BCUT2D eigenvalue weighted by Crippen LogP contribution is -2.30. The molecule has 0 spiro atoms. The fourth-order valence-electron chi connectivity index (χ4n) is 1.65. The predicted molar refractivity (Wildman–Crippen MR) is 71.0 cm³/mol. The number of oxime groups is 1. The molecule has 0 atom stereocenters. The summed E-state index contributed by atoms with van der Waals surface area (Å²) in [6, 6.07) is 3.61. The summed E-state index contributed by atoms with van der Waals surface area (Å²) in [6.45, 7) is 2.60. The van der Waals surface area contributed by atoms with Gasteiger partial charge in [-0.2, -0.15) is 0 Å². The van der Waals surface area contributed by atoms with Gasteiger partial charge in [0.05, 0.1) is 13.2 Å². The monoisotopic (exact) mass is 268 g/mol. The second-order valence-corrected chi connectivity index (χ2v) is 4.03. The summed E-state index contributed by atoms with van der Waals surface area (Å²) in [5, 5.41) is 20.6. The van der Waals surface area contributed by atoms with Crippen LogP contribution in [0, 0.1) is 0 Å². The molecule has 0 saturated heterocycles. The third-order valence-corrected chi connectivity index (χ3v) is 2.63. The summed E-state index contributed by atoms with van der Waals surface area (Å²) in [4.78, 5) is 6.07. The summed E-state index contributed by atoms with van der Waals surface area (Å²) in [5.41, 5.74) is 6.90. The van der Waals surface area contributed by atoms with Crippen LogP contribution in [0.3, 0.4) is 0 Å². The smallest absolute Gasteiger partial charge is 0.188 e. The number of amidine groups is 1. The lowest BCUT2D eigenvalue weighted by molar-refractivity contribution is 0.127. The van der Waals surface area contributed by atoms with Crippen molar-refractivity contribution in [2.75, 3.05) is 33.4 Å². The van der Waals surface area contributed by atoms with Gasteiger partial charge in [-0.05, 0) is 17.7 Å². The highest BCUT2D eigenvalue weighted by Crippen LogP contribution is 2.06. The van der Waals surface area contributed by atoms with Crippen molar-refractivity contribution in [2.24, 2.45) is 10.9 Å². The van der Waals surface area contributed by atoms with E-state index in [1.54, 1.807) is 19.4 Å². The van der Waals surface area contributed by atoms with Crippen molar-refractivity contribution in [3.05, 3.63) is 29.6 Å². The molecule has 0 saturated carbocycles. The van der Waals surface area contributed by atoms with Crippen LogP contribution in [0.25, 0.3) is 0 Å². The topological polar surface area (TPSA) is 104 Å². The minimum atomic E-state index is -0.0209. The first-order chi connectivity index (χ1) is 9.21. The van der Waals surface area contributed by atoms with Gasteiger partial charge in [-0.25, -0.2) is 0 Å².